The molecule has 0 amide bonds. The Bertz CT molecular complexity index is 956. The van der Waals surface area contributed by atoms with Crippen molar-refractivity contribution in [2.75, 3.05) is 0 Å². The van der Waals surface area contributed by atoms with Gasteiger partial charge in [0.25, 0.3) is 0 Å². The molecular formula is C18H15N5. The van der Waals surface area contributed by atoms with Gasteiger partial charge in [0.2, 0.25) is 5.82 Å². The van der Waals surface area contributed by atoms with Crippen molar-refractivity contribution in [3.05, 3.63) is 71.9 Å². The highest BCUT2D eigenvalue weighted by molar-refractivity contribution is 5.78. The van der Waals surface area contributed by atoms with Gasteiger partial charge in [0.05, 0.1) is 11.2 Å². The maximum absolute atomic E-state index is 4.64. The Morgan fingerprint density at radius 3 is 2.61 bits per heavy atom. The van der Waals surface area contributed by atoms with E-state index in [4.69, 9.17) is 0 Å². The number of para-hydroxylation sites is 1. The summed E-state index contributed by atoms with van der Waals surface area (Å²) in [5.41, 5.74) is 4.07. The van der Waals surface area contributed by atoms with Gasteiger partial charge in [0, 0.05) is 10.9 Å². The topological polar surface area (TPSA) is 56.5 Å². The molecule has 2 aromatic heterocycles. The van der Waals surface area contributed by atoms with E-state index < -0.39 is 0 Å². The molecular weight excluding hydrogens is 286 g/mol. The number of aryl methyl sites for hydroxylation is 1. The molecule has 0 saturated carbocycles. The molecule has 2 aromatic carbocycles. The van der Waals surface area contributed by atoms with E-state index >= 15 is 0 Å². The molecule has 0 unspecified atom stereocenters. The number of benzene rings is 2. The molecule has 4 rings (SSSR count). The third-order valence-electron chi connectivity index (χ3n) is 3.72. The van der Waals surface area contributed by atoms with Gasteiger partial charge in [-0.1, -0.05) is 54.1 Å². The number of fused-ring (bicyclic) bond motifs is 1. The zero-order valence-corrected chi connectivity index (χ0v) is 12.7. The summed E-state index contributed by atoms with van der Waals surface area (Å²) in [5, 5.41) is 13.8. The van der Waals surface area contributed by atoms with E-state index in [2.05, 4.69) is 39.5 Å². The van der Waals surface area contributed by atoms with Crippen molar-refractivity contribution in [1.29, 1.82) is 0 Å². The lowest BCUT2D eigenvalue weighted by atomic mass is 10.1. The Labute approximate surface area is 133 Å². The molecule has 0 fully saturated rings. The maximum atomic E-state index is 4.64. The summed E-state index contributed by atoms with van der Waals surface area (Å²) >= 11 is 0. The summed E-state index contributed by atoms with van der Waals surface area (Å²) in [6.45, 7) is 2.56. The summed E-state index contributed by atoms with van der Waals surface area (Å²) in [4.78, 5) is 6.21. The van der Waals surface area contributed by atoms with Crippen LogP contribution in [-0.2, 0) is 6.54 Å². The van der Waals surface area contributed by atoms with Gasteiger partial charge < -0.3 is 0 Å². The standard InChI is InChI=1S/C18H15N5/c1-13-6-8-15(9-7-13)18-20-22-23(21-18)12-16-11-10-14-4-2-3-5-17(14)19-16/h2-11H,12H2,1H3. The van der Waals surface area contributed by atoms with E-state index in [9.17, 15) is 0 Å². The van der Waals surface area contributed by atoms with Crippen LogP contribution in [0.15, 0.2) is 60.7 Å². The molecule has 0 saturated heterocycles. The van der Waals surface area contributed by atoms with E-state index in [1.807, 2.05) is 48.5 Å². The summed E-state index contributed by atoms with van der Waals surface area (Å²) in [6.07, 6.45) is 0. The highest BCUT2D eigenvalue weighted by atomic mass is 15.6. The predicted molar refractivity (Wildman–Crippen MR) is 88.8 cm³/mol. The van der Waals surface area contributed by atoms with Crippen LogP contribution in [0.2, 0.25) is 0 Å². The third kappa shape index (κ3) is 2.81. The lowest BCUT2D eigenvalue weighted by Gasteiger charge is -2.01. The van der Waals surface area contributed by atoms with Crippen molar-refractivity contribution < 1.29 is 0 Å². The third-order valence-corrected chi connectivity index (χ3v) is 3.72. The smallest absolute Gasteiger partial charge is 0.204 e. The average molecular weight is 301 g/mol. The SMILES string of the molecule is Cc1ccc(-c2nnn(Cc3ccc4ccccc4n3)n2)cc1. The molecule has 112 valence electrons. The number of tetrazole rings is 1. The molecule has 0 spiro atoms. The van der Waals surface area contributed by atoms with Crippen molar-refractivity contribution in [1.82, 2.24) is 25.2 Å². The van der Waals surface area contributed by atoms with Gasteiger partial charge in [-0.15, -0.1) is 10.2 Å². The first kappa shape index (κ1) is 13.6. The quantitative estimate of drug-likeness (QED) is 0.583. The Balaban J connectivity index is 1.60. The molecule has 0 radical (unpaired) electrons. The van der Waals surface area contributed by atoms with Crippen molar-refractivity contribution >= 4 is 10.9 Å². The van der Waals surface area contributed by atoms with Gasteiger partial charge in [-0.05, 0) is 24.3 Å². The average Bonchev–Trinajstić information content (AvgIpc) is 3.04. The van der Waals surface area contributed by atoms with Crippen molar-refractivity contribution in [2.45, 2.75) is 13.5 Å². The first-order valence-corrected chi connectivity index (χ1v) is 7.47. The normalized spacial score (nSPS) is 11.0. The minimum atomic E-state index is 0.504. The van der Waals surface area contributed by atoms with Crippen LogP contribution < -0.4 is 0 Å². The van der Waals surface area contributed by atoms with Gasteiger partial charge >= 0.3 is 0 Å². The predicted octanol–water partition coefficient (Wildman–Crippen LogP) is 3.25. The van der Waals surface area contributed by atoms with Crippen molar-refractivity contribution in [3.8, 4) is 11.4 Å². The number of pyridine rings is 1. The number of nitrogens with zero attached hydrogens (tertiary/aromatic N) is 5. The van der Waals surface area contributed by atoms with Crippen molar-refractivity contribution in [3.63, 3.8) is 0 Å². The molecule has 0 aliphatic rings. The second-order valence-corrected chi connectivity index (χ2v) is 5.50. The molecule has 5 heteroatoms. The van der Waals surface area contributed by atoms with E-state index in [0.717, 1.165) is 22.2 Å². The minimum absolute atomic E-state index is 0.504. The number of rotatable bonds is 3. The van der Waals surface area contributed by atoms with Crippen LogP contribution in [0.4, 0.5) is 0 Å². The number of hydrogen-bond donors (Lipinski definition) is 0. The second kappa shape index (κ2) is 5.61. The fourth-order valence-corrected chi connectivity index (χ4v) is 2.47. The fraction of sp³-hybridized carbons (Fsp3) is 0.111. The molecule has 4 aromatic rings. The van der Waals surface area contributed by atoms with Crippen molar-refractivity contribution in [2.24, 2.45) is 0 Å². The molecule has 23 heavy (non-hydrogen) atoms. The first-order chi connectivity index (χ1) is 11.3. The van der Waals surface area contributed by atoms with Crippen LogP contribution in [0.25, 0.3) is 22.3 Å². The van der Waals surface area contributed by atoms with Gasteiger partial charge in [0.15, 0.2) is 0 Å². The molecule has 5 nitrogen and oxygen atoms in total. The van der Waals surface area contributed by atoms with Crippen LogP contribution >= 0.6 is 0 Å². The lowest BCUT2D eigenvalue weighted by molar-refractivity contribution is 0.565. The molecule has 0 N–H and O–H groups in total. The Hall–Kier alpha value is -3.08. The Morgan fingerprint density at radius 1 is 0.913 bits per heavy atom. The summed E-state index contributed by atoms with van der Waals surface area (Å²) in [6, 6.07) is 20.2. The largest absolute Gasteiger partial charge is 0.251 e. The molecule has 0 aliphatic carbocycles. The van der Waals surface area contributed by atoms with Gasteiger partial charge in [-0.25, -0.2) is 0 Å². The second-order valence-electron chi connectivity index (χ2n) is 5.50. The Morgan fingerprint density at radius 2 is 1.74 bits per heavy atom. The number of aromatic nitrogens is 5. The summed E-state index contributed by atoms with van der Waals surface area (Å²) in [5.74, 6) is 0.630. The summed E-state index contributed by atoms with van der Waals surface area (Å²) < 4.78 is 0. The summed E-state index contributed by atoms with van der Waals surface area (Å²) in [7, 11) is 0. The van der Waals surface area contributed by atoms with Crippen LogP contribution in [0.5, 0.6) is 0 Å². The molecule has 0 atom stereocenters. The van der Waals surface area contributed by atoms with E-state index in [1.54, 1.807) is 4.80 Å². The highest BCUT2D eigenvalue weighted by Gasteiger charge is 2.07. The van der Waals surface area contributed by atoms with E-state index in [0.29, 0.717) is 12.4 Å². The molecule has 0 bridgehead atoms. The first-order valence-electron chi connectivity index (χ1n) is 7.47. The van der Waals surface area contributed by atoms with Crippen LogP contribution in [0, 0.1) is 6.92 Å². The lowest BCUT2D eigenvalue weighted by Crippen LogP contribution is -2.05. The fourth-order valence-electron chi connectivity index (χ4n) is 2.47. The zero-order chi connectivity index (χ0) is 15.6. The van der Waals surface area contributed by atoms with E-state index in [-0.39, 0.29) is 0 Å². The van der Waals surface area contributed by atoms with Gasteiger partial charge in [-0.2, -0.15) is 4.80 Å². The van der Waals surface area contributed by atoms with Crippen LogP contribution in [0.1, 0.15) is 11.3 Å². The van der Waals surface area contributed by atoms with Crippen LogP contribution in [0.3, 0.4) is 0 Å². The van der Waals surface area contributed by atoms with E-state index in [1.165, 1.54) is 5.56 Å². The van der Waals surface area contributed by atoms with Gasteiger partial charge in [-0.3, -0.25) is 4.98 Å². The monoisotopic (exact) mass is 301 g/mol. The Kier molecular flexibility index (Phi) is 3.31. The molecule has 0 aliphatic heterocycles. The highest BCUT2D eigenvalue weighted by Crippen LogP contribution is 2.15. The zero-order valence-electron chi connectivity index (χ0n) is 12.7. The van der Waals surface area contributed by atoms with Gasteiger partial charge in [0.1, 0.15) is 6.54 Å². The molecule has 2 heterocycles. The van der Waals surface area contributed by atoms with Crippen LogP contribution in [-0.4, -0.2) is 25.2 Å². The number of hydrogen-bond acceptors (Lipinski definition) is 4. The minimum Gasteiger partial charge on any atom is -0.251 e. The maximum Gasteiger partial charge on any atom is 0.204 e.